The van der Waals surface area contributed by atoms with E-state index in [1.807, 2.05) is 32.3 Å². The molecule has 0 spiro atoms. The van der Waals surface area contributed by atoms with Crippen molar-refractivity contribution < 1.29 is 0 Å². The standard InChI is InChI=1S/C13H15ClN2S/c1-9-16-8-13(17-9)12(15-2)7-10-3-5-11(14)6-4-10/h3-6,8,12,15H,7H2,1-2H3. The number of rotatable bonds is 4. The Bertz CT molecular complexity index is 478. The minimum Gasteiger partial charge on any atom is -0.312 e. The first-order chi connectivity index (χ1) is 8.19. The Balaban J connectivity index is 2.12. The number of benzene rings is 1. The van der Waals surface area contributed by atoms with Crippen LogP contribution in [-0.4, -0.2) is 12.0 Å². The highest BCUT2D eigenvalue weighted by Gasteiger charge is 2.12. The second-order valence-electron chi connectivity index (χ2n) is 3.95. The van der Waals surface area contributed by atoms with E-state index >= 15 is 0 Å². The fraction of sp³-hybridized carbons (Fsp3) is 0.308. The number of aryl methyl sites for hydroxylation is 1. The van der Waals surface area contributed by atoms with Crippen molar-refractivity contribution in [2.45, 2.75) is 19.4 Å². The number of nitrogens with one attached hydrogen (secondary N) is 1. The molecule has 0 aliphatic rings. The Morgan fingerprint density at radius 3 is 2.59 bits per heavy atom. The summed E-state index contributed by atoms with van der Waals surface area (Å²) >= 11 is 7.62. The highest BCUT2D eigenvalue weighted by molar-refractivity contribution is 7.11. The van der Waals surface area contributed by atoms with E-state index in [0.717, 1.165) is 16.5 Å². The van der Waals surface area contributed by atoms with Crippen molar-refractivity contribution in [2.24, 2.45) is 0 Å². The lowest BCUT2D eigenvalue weighted by Gasteiger charge is -2.14. The summed E-state index contributed by atoms with van der Waals surface area (Å²) in [6.45, 7) is 2.03. The molecule has 0 aliphatic heterocycles. The largest absolute Gasteiger partial charge is 0.312 e. The lowest BCUT2D eigenvalue weighted by molar-refractivity contribution is 0.601. The molecule has 1 N–H and O–H groups in total. The molecule has 0 fully saturated rings. The van der Waals surface area contributed by atoms with Crippen LogP contribution >= 0.6 is 22.9 Å². The van der Waals surface area contributed by atoms with Crippen LogP contribution in [0, 0.1) is 6.92 Å². The van der Waals surface area contributed by atoms with Crippen LogP contribution < -0.4 is 5.32 Å². The van der Waals surface area contributed by atoms with Gasteiger partial charge in [0.1, 0.15) is 0 Å². The number of likely N-dealkylation sites (N-methyl/N-ethyl adjacent to an activating group) is 1. The van der Waals surface area contributed by atoms with Gasteiger partial charge in [0.15, 0.2) is 0 Å². The molecule has 0 radical (unpaired) electrons. The quantitative estimate of drug-likeness (QED) is 0.915. The zero-order chi connectivity index (χ0) is 12.3. The maximum absolute atomic E-state index is 5.88. The van der Waals surface area contributed by atoms with Crippen molar-refractivity contribution in [1.82, 2.24) is 10.3 Å². The first-order valence-electron chi connectivity index (χ1n) is 5.53. The zero-order valence-electron chi connectivity index (χ0n) is 9.90. The number of nitrogens with zero attached hydrogens (tertiary/aromatic N) is 1. The number of aromatic nitrogens is 1. The van der Waals surface area contributed by atoms with E-state index in [-0.39, 0.29) is 0 Å². The van der Waals surface area contributed by atoms with Crippen molar-refractivity contribution in [3.63, 3.8) is 0 Å². The van der Waals surface area contributed by atoms with Crippen LogP contribution in [0.4, 0.5) is 0 Å². The van der Waals surface area contributed by atoms with Crippen LogP contribution in [0.1, 0.15) is 21.5 Å². The second-order valence-corrected chi connectivity index (χ2v) is 5.66. The Hall–Kier alpha value is -0.900. The van der Waals surface area contributed by atoms with Crippen LogP contribution in [0.5, 0.6) is 0 Å². The summed E-state index contributed by atoms with van der Waals surface area (Å²) in [4.78, 5) is 5.58. The van der Waals surface area contributed by atoms with Crippen molar-refractivity contribution in [3.05, 3.63) is 50.9 Å². The first kappa shape index (κ1) is 12.6. The van der Waals surface area contributed by atoms with Crippen LogP contribution in [0.25, 0.3) is 0 Å². The normalized spacial score (nSPS) is 12.6. The molecular formula is C13H15ClN2S. The van der Waals surface area contributed by atoms with E-state index in [9.17, 15) is 0 Å². The summed E-state index contributed by atoms with van der Waals surface area (Å²) in [5.41, 5.74) is 1.28. The molecular weight excluding hydrogens is 252 g/mol. The molecule has 4 heteroatoms. The lowest BCUT2D eigenvalue weighted by atomic mass is 10.1. The van der Waals surface area contributed by atoms with Crippen LogP contribution in [0.2, 0.25) is 5.02 Å². The van der Waals surface area contributed by atoms with Gasteiger partial charge in [-0.2, -0.15) is 0 Å². The Morgan fingerprint density at radius 1 is 1.35 bits per heavy atom. The van der Waals surface area contributed by atoms with E-state index in [4.69, 9.17) is 11.6 Å². The van der Waals surface area contributed by atoms with E-state index in [2.05, 4.69) is 22.4 Å². The molecule has 0 bridgehead atoms. The summed E-state index contributed by atoms with van der Waals surface area (Å²) in [7, 11) is 1.98. The van der Waals surface area contributed by atoms with Gasteiger partial charge < -0.3 is 5.32 Å². The van der Waals surface area contributed by atoms with Gasteiger partial charge in [0.2, 0.25) is 0 Å². The highest BCUT2D eigenvalue weighted by atomic mass is 35.5. The Kier molecular flexibility index (Phi) is 4.15. The molecule has 0 aliphatic carbocycles. The molecule has 2 rings (SSSR count). The van der Waals surface area contributed by atoms with Gasteiger partial charge in [-0.05, 0) is 38.1 Å². The molecule has 1 unspecified atom stereocenters. The topological polar surface area (TPSA) is 24.9 Å². The molecule has 2 aromatic rings. The summed E-state index contributed by atoms with van der Waals surface area (Å²) in [5, 5.41) is 5.22. The molecule has 1 heterocycles. The second kappa shape index (κ2) is 5.63. The zero-order valence-corrected chi connectivity index (χ0v) is 11.5. The molecule has 2 nitrogen and oxygen atoms in total. The molecule has 1 atom stereocenters. The average Bonchev–Trinajstić information content (AvgIpc) is 2.75. The first-order valence-corrected chi connectivity index (χ1v) is 6.72. The van der Waals surface area contributed by atoms with Gasteiger partial charge in [-0.25, -0.2) is 4.98 Å². The molecule has 0 saturated heterocycles. The highest BCUT2D eigenvalue weighted by Crippen LogP contribution is 2.24. The number of hydrogen-bond donors (Lipinski definition) is 1. The smallest absolute Gasteiger partial charge is 0.0897 e. The van der Waals surface area contributed by atoms with Crippen molar-refractivity contribution >= 4 is 22.9 Å². The van der Waals surface area contributed by atoms with Crippen LogP contribution in [0.15, 0.2) is 30.5 Å². The summed E-state index contributed by atoms with van der Waals surface area (Å²) < 4.78 is 0. The molecule has 17 heavy (non-hydrogen) atoms. The number of thiazole rings is 1. The SMILES string of the molecule is CNC(Cc1ccc(Cl)cc1)c1cnc(C)s1. The third-order valence-electron chi connectivity index (χ3n) is 2.68. The van der Waals surface area contributed by atoms with Crippen molar-refractivity contribution in [2.75, 3.05) is 7.05 Å². The third-order valence-corrected chi connectivity index (χ3v) is 3.96. The van der Waals surface area contributed by atoms with Gasteiger partial charge in [0.05, 0.1) is 5.01 Å². The predicted octanol–water partition coefficient (Wildman–Crippen LogP) is 3.61. The van der Waals surface area contributed by atoms with E-state index < -0.39 is 0 Å². The van der Waals surface area contributed by atoms with Gasteiger partial charge in [-0.1, -0.05) is 23.7 Å². The van der Waals surface area contributed by atoms with Gasteiger partial charge in [0.25, 0.3) is 0 Å². The molecule has 90 valence electrons. The fourth-order valence-corrected chi connectivity index (χ4v) is 2.76. The number of hydrogen-bond acceptors (Lipinski definition) is 3. The summed E-state index contributed by atoms with van der Waals surface area (Å²) in [5.74, 6) is 0. The minimum absolute atomic E-state index is 0.322. The van der Waals surface area contributed by atoms with E-state index in [1.165, 1.54) is 10.4 Å². The molecule has 0 saturated carbocycles. The van der Waals surface area contributed by atoms with Gasteiger partial charge in [-0.15, -0.1) is 11.3 Å². The maximum atomic E-state index is 5.88. The van der Waals surface area contributed by atoms with E-state index in [0.29, 0.717) is 6.04 Å². The number of halogens is 1. The van der Waals surface area contributed by atoms with Crippen LogP contribution in [-0.2, 0) is 6.42 Å². The Labute approximate surface area is 111 Å². The molecule has 1 aromatic carbocycles. The lowest BCUT2D eigenvalue weighted by Crippen LogP contribution is -2.17. The Morgan fingerprint density at radius 2 is 2.06 bits per heavy atom. The third kappa shape index (κ3) is 3.28. The molecule has 1 aromatic heterocycles. The fourth-order valence-electron chi connectivity index (χ4n) is 1.74. The predicted molar refractivity (Wildman–Crippen MR) is 73.8 cm³/mol. The summed E-state index contributed by atoms with van der Waals surface area (Å²) in [6.07, 6.45) is 2.91. The maximum Gasteiger partial charge on any atom is 0.0897 e. The average molecular weight is 267 g/mol. The van der Waals surface area contributed by atoms with Crippen LogP contribution in [0.3, 0.4) is 0 Å². The van der Waals surface area contributed by atoms with E-state index in [1.54, 1.807) is 11.3 Å². The van der Waals surface area contributed by atoms with Crippen molar-refractivity contribution in [3.8, 4) is 0 Å². The van der Waals surface area contributed by atoms with Gasteiger partial charge in [-0.3, -0.25) is 0 Å². The molecule has 0 amide bonds. The minimum atomic E-state index is 0.322. The van der Waals surface area contributed by atoms with Gasteiger partial charge in [0, 0.05) is 22.1 Å². The van der Waals surface area contributed by atoms with Crippen molar-refractivity contribution in [1.29, 1.82) is 0 Å². The van der Waals surface area contributed by atoms with Gasteiger partial charge >= 0.3 is 0 Å². The summed E-state index contributed by atoms with van der Waals surface area (Å²) in [6, 6.07) is 8.33. The monoisotopic (exact) mass is 266 g/mol.